The van der Waals surface area contributed by atoms with E-state index in [1.54, 1.807) is 30.3 Å². The van der Waals surface area contributed by atoms with E-state index in [2.05, 4.69) is 15.3 Å². The Balaban J connectivity index is 0.00000337. The van der Waals surface area contributed by atoms with Gasteiger partial charge in [-0.1, -0.05) is 30.3 Å². The molecule has 1 N–H and O–H groups in total. The normalized spacial score (nSPS) is 23.9. The van der Waals surface area contributed by atoms with Gasteiger partial charge in [0.25, 0.3) is 11.5 Å². The summed E-state index contributed by atoms with van der Waals surface area (Å²) in [7, 11) is 0. The van der Waals surface area contributed by atoms with Gasteiger partial charge in [-0.05, 0) is 44.4 Å². The number of aromatic nitrogens is 3. The van der Waals surface area contributed by atoms with Crippen LogP contribution in [0.4, 0.5) is 16.4 Å². The van der Waals surface area contributed by atoms with E-state index in [1.165, 1.54) is 15.5 Å². The van der Waals surface area contributed by atoms with Crippen molar-refractivity contribution >= 4 is 41.9 Å². The number of hydrogen-bond donors (Lipinski definition) is 1. The van der Waals surface area contributed by atoms with Crippen molar-refractivity contribution in [2.75, 3.05) is 36.0 Å². The summed E-state index contributed by atoms with van der Waals surface area (Å²) in [6.07, 6.45) is 4.38. The molecule has 3 saturated heterocycles. The van der Waals surface area contributed by atoms with E-state index in [4.69, 9.17) is 0 Å². The van der Waals surface area contributed by atoms with E-state index in [-0.39, 0.29) is 49.4 Å². The molecule has 3 aromatic rings. The summed E-state index contributed by atoms with van der Waals surface area (Å²) in [6, 6.07) is 14.2. The summed E-state index contributed by atoms with van der Waals surface area (Å²) < 4.78 is 1.53. The van der Waals surface area contributed by atoms with Crippen molar-refractivity contribution in [3.05, 3.63) is 82.5 Å². The largest absolute Gasteiger partial charge is 0.338 e. The lowest BCUT2D eigenvalue weighted by atomic mass is 9.81. The third kappa shape index (κ3) is 4.73. The standard InChI is InChI=1S/C29H31N7O4.ClH/c1-20-17-22(35-14-9-28(2,24(35)38)21-7-4-3-5-8-21)18-23(37)34(20)15-16-36-25(39)29(32-27(36)40)10-13-33(19-29)26-30-11-6-12-31-26;/h3-8,11-12,17-18H,9-10,13-16,19H2,1-2H3,(H,32,40);1H. The molecular weight excluding hydrogens is 546 g/mol. The van der Waals surface area contributed by atoms with E-state index in [0.717, 1.165) is 5.56 Å². The predicted octanol–water partition coefficient (Wildman–Crippen LogP) is 2.26. The minimum absolute atomic E-state index is 0. The van der Waals surface area contributed by atoms with Gasteiger partial charge in [-0.2, -0.15) is 0 Å². The van der Waals surface area contributed by atoms with Crippen LogP contribution < -0.4 is 20.7 Å². The molecule has 11 nitrogen and oxygen atoms in total. The first-order valence-electron chi connectivity index (χ1n) is 13.5. The lowest BCUT2D eigenvalue weighted by Gasteiger charge is -2.25. The topological polar surface area (TPSA) is 121 Å². The van der Waals surface area contributed by atoms with Gasteiger partial charge in [0.1, 0.15) is 5.54 Å². The fourth-order valence-electron chi connectivity index (χ4n) is 6.11. The molecule has 2 unspecified atom stereocenters. The predicted molar refractivity (Wildman–Crippen MR) is 155 cm³/mol. The highest BCUT2D eigenvalue weighted by molar-refractivity contribution is 6.07. The quantitative estimate of drug-likeness (QED) is 0.446. The smallest absolute Gasteiger partial charge is 0.325 e. The van der Waals surface area contributed by atoms with Gasteiger partial charge in [0.15, 0.2) is 0 Å². The number of benzene rings is 1. The lowest BCUT2D eigenvalue weighted by molar-refractivity contribution is -0.130. The Morgan fingerprint density at radius 1 is 0.902 bits per heavy atom. The first-order valence-corrected chi connectivity index (χ1v) is 13.5. The first kappa shape index (κ1) is 28.3. The van der Waals surface area contributed by atoms with E-state index in [9.17, 15) is 19.2 Å². The van der Waals surface area contributed by atoms with Gasteiger partial charge in [0.05, 0.1) is 17.6 Å². The number of rotatable bonds is 6. The number of anilines is 2. The van der Waals surface area contributed by atoms with Gasteiger partial charge in [-0.15, -0.1) is 12.4 Å². The zero-order chi connectivity index (χ0) is 28.1. The minimum atomic E-state index is -1.03. The molecule has 4 amide bonds. The van der Waals surface area contributed by atoms with Crippen LogP contribution in [-0.4, -0.2) is 69.0 Å². The summed E-state index contributed by atoms with van der Waals surface area (Å²) in [5.74, 6) is 0.176. The fraction of sp³-hybridized carbons (Fsp3) is 0.379. The Labute approximate surface area is 243 Å². The van der Waals surface area contributed by atoms with Crippen LogP contribution in [0, 0.1) is 6.92 Å². The maximum absolute atomic E-state index is 13.5. The zero-order valence-corrected chi connectivity index (χ0v) is 23.8. The van der Waals surface area contributed by atoms with Crippen molar-refractivity contribution in [2.24, 2.45) is 0 Å². The van der Waals surface area contributed by atoms with Crippen LogP contribution in [0.15, 0.2) is 65.7 Å². The molecule has 2 atom stereocenters. The van der Waals surface area contributed by atoms with E-state index < -0.39 is 17.0 Å². The van der Waals surface area contributed by atoms with Gasteiger partial charge in [-0.25, -0.2) is 14.8 Å². The van der Waals surface area contributed by atoms with E-state index in [1.807, 2.05) is 48.2 Å². The zero-order valence-electron chi connectivity index (χ0n) is 22.9. The highest BCUT2D eigenvalue weighted by Crippen LogP contribution is 2.37. The highest BCUT2D eigenvalue weighted by Gasteiger charge is 2.55. The number of pyridine rings is 1. The Bertz CT molecular complexity index is 1550. The number of amides is 4. The average Bonchev–Trinajstić information content (AvgIpc) is 3.59. The minimum Gasteiger partial charge on any atom is -0.338 e. The number of carbonyl (C=O) groups is 3. The molecular formula is C29H32ClN7O4. The summed E-state index contributed by atoms with van der Waals surface area (Å²) >= 11 is 0. The number of imide groups is 1. The number of nitrogens with zero attached hydrogens (tertiary/aromatic N) is 6. The van der Waals surface area contributed by atoms with Gasteiger partial charge < -0.3 is 19.7 Å². The number of nitrogens with one attached hydrogen (secondary N) is 1. The molecule has 0 bridgehead atoms. The van der Waals surface area contributed by atoms with Crippen molar-refractivity contribution in [3.8, 4) is 0 Å². The average molecular weight is 578 g/mol. The van der Waals surface area contributed by atoms with E-state index in [0.29, 0.717) is 43.3 Å². The van der Waals surface area contributed by atoms with E-state index >= 15 is 0 Å². The SMILES string of the molecule is Cc1cc(N2CCC(C)(c3ccccc3)C2=O)cc(=O)n1CCN1C(=O)NC2(CCN(c3ncccn3)C2)C1=O.Cl. The van der Waals surface area contributed by atoms with Crippen molar-refractivity contribution in [3.63, 3.8) is 0 Å². The third-order valence-electron chi connectivity index (χ3n) is 8.49. The highest BCUT2D eigenvalue weighted by atomic mass is 35.5. The maximum Gasteiger partial charge on any atom is 0.325 e. The third-order valence-corrected chi connectivity index (χ3v) is 8.49. The van der Waals surface area contributed by atoms with Gasteiger partial charge in [0, 0.05) is 50.3 Å². The molecule has 3 aliphatic rings. The van der Waals surface area contributed by atoms with Crippen molar-refractivity contribution in [1.29, 1.82) is 0 Å². The second-order valence-electron chi connectivity index (χ2n) is 10.9. The van der Waals surface area contributed by atoms with Gasteiger partial charge in [-0.3, -0.25) is 19.3 Å². The monoisotopic (exact) mass is 577 g/mol. The molecule has 12 heteroatoms. The fourth-order valence-corrected chi connectivity index (χ4v) is 6.11. The van der Waals surface area contributed by atoms with Crippen molar-refractivity contribution < 1.29 is 14.4 Å². The summed E-state index contributed by atoms with van der Waals surface area (Å²) in [5.41, 5.74) is 0.213. The molecule has 2 aromatic heterocycles. The Morgan fingerprint density at radius 2 is 1.63 bits per heavy atom. The molecule has 0 saturated carbocycles. The Kier molecular flexibility index (Phi) is 7.33. The van der Waals surface area contributed by atoms with Crippen molar-refractivity contribution in [2.45, 2.75) is 44.2 Å². The Hall–Kier alpha value is -4.25. The van der Waals surface area contributed by atoms with Gasteiger partial charge >= 0.3 is 6.03 Å². The molecule has 1 spiro atoms. The van der Waals surface area contributed by atoms with Crippen LogP contribution in [0.3, 0.4) is 0 Å². The lowest BCUT2D eigenvalue weighted by Crippen LogP contribution is -2.49. The number of aryl methyl sites for hydroxylation is 1. The molecule has 1 aromatic carbocycles. The number of hydrogen-bond acceptors (Lipinski definition) is 7. The second-order valence-corrected chi connectivity index (χ2v) is 10.9. The first-order chi connectivity index (χ1) is 19.2. The summed E-state index contributed by atoms with van der Waals surface area (Å²) in [6.45, 7) is 5.30. The summed E-state index contributed by atoms with van der Waals surface area (Å²) in [5, 5.41) is 2.88. The van der Waals surface area contributed by atoms with Gasteiger partial charge in [0.2, 0.25) is 11.9 Å². The van der Waals surface area contributed by atoms with Crippen LogP contribution in [0.25, 0.3) is 0 Å². The molecule has 0 aliphatic carbocycles. The molecule has 214 valence electrons. The molecule has 0 radical (unpaired) electrons. The van der Waals surface area contributed by atoms with Crippen LogP contribution in [0.1, 0.15) is 31.0 Å². The molecule has 6 rings (SSSR count). The molecule has 41 heavy (non-hydrogen) atoms. The van der Waals surface area contributed by atoms with Crippen LogP contribution in [-0.2, 0) is 21.5 Å². The number of carbonyl (C=O) groups excluding carboxylic acids is 3. The number of halogens is 1. The van der Waals surface area contributed by atoms with Crippen LogP contribution in [0.2, 0.25) is 0 Å². The van der Waals surface area contributed by atoms with Crippen molar-refractivity contribution in [1.82, 2.24) is 24.8 Å². The molecule has 3 fully saturated rings. The second kappa shape index (κ2) is 10.6. The maximum atomic E-state index is 13.5. The molecule has 5 heterocycles. The van der Waals surface area contributed by atoms with Crippen LogP contribution >= 0.6 is 12.4 Å². The molecule has 3 aliphatic heterocycles. The summed E-state index contributed by atoms with van der Waals surface area (Å²) in [4.78, 5) is 66.1. The van der Waals surface area contributed by atoms with Crippen LogP contribution in [0.5, 0.6) is 0 Å². The Morgan fingerprint density at radius 3 is 2.34 bits per heavy atom. The number of urea groups is 1.